The van der Waals surface area contributed by atoms with Crippen LogP contribution in [0.25, 0.3) is 0 Å². The molecule has 7 heteroatoms. The number of nitrogens with zero attached hydrogens (tertiary/aromatic N) is 3. The lowest BCUT2D eigenvalue weighted by Gasteiger charge is -2.35. The Morgan fingerprint density at radius 1 is 1.39 bits per heavy atom. The van der Waals surface area contributed by atoms with E-state index in [1.807, 2.05) is 14.0 Å². The number of likely N-dealkylation sites (tertiary alicyclic amines) is 1. The third kappa shape index (κ3) is 5.75. The minimum absolute atomic E-state index is 0.00410. The number of hydrogen-bond donors (Lipinski definition) is 2. The van der Waals surface area contributed by atoms with Crippen LogP contribution in [-0.4, -0.2) is 97.1 Å². The standard InChI is InChI=1S/C16H30N4O3/c1-13(21)10-19-6-3-14(4-7-19)11-18(2)16(23)12-20-8-5-17-9-15(20)22/h13-14,17,21H,3-12H2,1-2H3. The van der Waals surface area contributed by atoms with E-state index in [4.69, 9.17) is 0 Å². The number of hydrogen-bond acceptors (Lipinski definition) is 5. The van der Waals surface area contributed by atoms with Crippen LogP contribution in [0.15, 0.2) is 0 Å². The Bertz CT molecular complexity index is 408. The first-order chi connectivity index (χ1) is 11.0. The summed E-state index contributed by atoms with van der Waals surface area (Å²) in [6, 6.07) is 0. The van der Waals surface area contributed by atoms with E-state index in [9.17, 15) is 14.7 Å². The smallest absolute Gasteiger partial charge is 0.241 e. The summed E-state index contributed by atoms with van der Waals surface area (Å²) in [5, 5.41) is 12.4. The molecule has 2 rings (SSSR count). The fraction of sp³-hybridized carbons (Fsp3) is 0.875. The monoisotopic (exact) mass is 326 g/mol. The van der Waals surface area contributed by atoms with Gasteiger partial charge in [-0.3, -0.25) is 9.59 Å². The highest BCUT2D eigenvalue weighted by molar-refractivity contribution is 5.86. The van der Waals surface area contributed by atoms with Crippen LogP contribution in [0.1, 0.15) is 19.8 Å². The van der Waals surface area contributed by atoms with E-state index >= 15 is 0 Å². The predicted octanol–water partition coefficient (Wildman–Crippen LogP) is -1.03. The zero-order valence-electron chi connectivity index (χ0n) is 14.3. The average molecular weight is 326 g/mol. The number of piperazine rings is 1. The molecule has 2 heterocycles. The van der Waals surface area contributed by atoms with Crippen LogP contribution in [0.4, 0.5) is 0 Å². The van der Waals surface area contributed by atoms with Gasteiger partial charge < -0.3 is 25.1 Å². The van der Waals surface area contributed by atoms with E-state index in [2.05, 4.69) is 10.2 Å². The van der Waals surface area contributed by atoms with Crippen molar-refractivity contribution < 1.29 is 14.7 Å². The van der Waals surface area contributed by atoms with Crippen LogP contribution in [-0.2, 0) is 9.59 Å². The van der Waals surface area contributed by atoms with Crippen molar-refractivity contribution in [1.29, 1.82) is 0 Å². The van der Waals surface area contributed by atoms with Gasteiger partial charge in [0.05, 0.1) is 19.2 Å². The molecule has 2 saturated heterocycles. The highest BCUT2D eigenvalue weighted by Crippen LogP contribution is 2.18. The lowest BCUT2D eigenvalue weighted by atomic mass is 9.96. The van der Waals surface area contributed by atoms with Crippen molar-refractivity contribution in [2.24, 2.45) is 5.92 Å². The van der Waals surface area contributed by atoms with Gasteiger partial charge in [0.15, 0.2) is 0 Å². The van der Waals surface area contributed by atoms with Gasteiger partial charge in [-0.2, -0.15) is 0 Å². The number of aliphatic hydroxyl groups excluding tert-OH is 1. The van der Waals surface area contributed by atoms with Gasteiger partial charge in [-0.25, -0.2) is 0 Å². The first-order valence-electron chi connectivity index (χ1n) is 8.58. The molecule has 1 atom stereocenters. The highest BCUT2D eigenvalue weighted by Gasteiger charge is 2.25. The number of carbonyl (C=O) groups is 2. The molecule has 0 saturated carbocycles. The number of aliphatic hydroxyl groups is 1. The number of likely N-dealkylation sites (N-methyl/N-ethyl adjacent to an activating group) is 1. The molecule has 0 radical (unpaired) electrons. The van der Waals surface area contributed by atoms with Gasteiger partial charge in [-0.15, -0.1) is 0 Å². The van der Waals surface area contributed by atoms with Crippen molar-refractivity contribution in [3.05, 3.63) is 0 Å². The summed E-state index contributed by atoms with van der Waals surface area (Å²) in [5.74, 6) is 0.531. The molecular formula is C16H30N4O3. The first kappa shape index (κ1) is 18.2. The second-order valence-corrected chi connectivity index (χ2v) is 6.86. The molecule has 0 bridgehead atoms. The normalized spacial score (nSPS) is 22.2. The molecule has 132 valence electrons. The first-order valence-corrected chi connectivity index (χ1v) is 8.58. The molecule has 2 aliphatic rings. The Balaban J connectivity index is 1.71. The number of rotatable bonds is 6. The van der Waals surface area contributed by atoms with Gasteiger partial charge in [-0.05, 0) is 38.8 Å². The number of piperidine rings is 1. The quantitative estimate of drug-likeness (QED) is 0.653. The van der Waals surface area contributed by atoms with E-state index in [0.29, 0.717) is 19.0 Å². The Morgan fingerprint density at radius 2 is 2.09 bits per heavy atom. The Morgan fingerprint density at radius 3 is 2.70 bits per heavy atom. The fourth-order valence-corrected chi connectivity index (χ4v) is 3.31. The fourth-order valence-electron chi connectivity index (χ4n) is 3.31. The number of β-amino-alcohol motifs (C(OH)–C–C–N with tert-alkyl or cyclic N) is 1. The summed E-state index contributed by atoms with van der Waals surface area (Å²) in [6.07, 6.45) is 1.82. The Labute approximate surface area is 138 Å². The summed E-state index contributed by atoms with van der Waals surface area (Å²) < 4.78 is 0. The lowest BCUT2D eigenvalue weighted by molar-refractivity contribution is -0.140. The topological polar surface area (TPSA) is 76.1 Å². The number of nitrogens with one attached hydrogen (secondary N) is 1. The van der Waals surface area contributed by atoms with Gasteiger partial charge in [0.2, 0.25) is 11.8 Å². The molecule has 7 nitrogen and oxygen atoms in total. The van der Waals surface area contributed by atoms with Crippen LogP contribution in [0.5, 0.6) is 0 Å². The van der Waals surface area contributed by atoms with Crippen molar-refractivity contribution in [1.82, 2.24) is 20.0 Å². The summed E-state index contributed by atoms with van der Waals surface area (Å²) in [6.45, 7) is 7.14. The molecule has 0 aromatic rings. The van der Waals surface area contributed by atoms with Gasteiger partial charge in [-0.1, -0.05) is 0 Å². The van der Waals surface area contributed by atoms with Crippen LogP contribution in [0, 0.1) is 5.92 Å². The van der Waals surface area contributed by atoms with E-state index in [-0.39, 0.29) is 24.5 Å². The molecule has 2 aliphatic heterocycles. The second kappa shape index (κ2) is 8.61. The second-order valence-electron chi connectivity index (χ2n) is 6.86. The van der Waals surface area contributed by atoms with Gasteiger partial charge in [0.25, 0.3) is 0 Å². The van der Waals surface area contributed by atoms with Gasteiger partial charge in [0, 0.05) is 33.2 Å². The average Bonchev–Trinajstić information content (AvgIpc) is 2.51. The zero-order valence-corrected chi connectivity index (χ0v) is 14.3. The van der Waals surface area contributed by atoms with Crippen molar-refractivity contribution in [3.8, 4) is 0 Å². The van der Waals surface area contributed by atoms with Crippen LogP contribution < -0.4 is 5.32 Å². The third-order valence-electron chi connectivity index (χ3n) is 4.70. The third-order valence-corrected chi connectivity index (χ3v) is 4.70. The molecule has 0 spiro atoms. The SMILES string of the molecule is CC(O)CN1CCC(CN(C)C(=O)CN2CCNCC2=O)CC1. The highest BCUT2D eigenvalue weighted by atomic mass is 16.3. The summed E-state index contributed by atoms with van der Waals surface area (Å²) in [4.78, 5) is 29.7. The lowest BCUT2D eigenvalue weighted by Crippen LogP contribution is -2.52. The molecular weight excluding hydrogens is 296 g/mol. The molecule has 2 amide bonds. The van der Waals surface area contributed by atoms with Crippen molar-refractivity contribution in [3.63, 3.8) is 0 Å². The van der Waals surface area contributed by atoms with Gasteiger partial charge in [0.1, 0.15) is 0 Å². The molecule has 23 heavy (non-hydrogen) atoms. The van der Waals surface area contributed by atoms with E-state index in [0.717, 1.165) is 45.6 Å². The number of amides is 2. The predicted molar refractivity (Wildman–Crippen MR) is 87.9 cm³/mol. The van der Waals surface area contributed by atoms with Crippen molar-refractivity contribution in [2.75, 3.05) is 59.4 Å². The van der Waals surface area contributed by atoms with E-state index in [1.165, 1.54) is 0 Å². The molecule has 2 fully saturated rings. The molecule has 1 unspecified atom stereocenters. The van der Waals surface area contributed by atoms with Crippen molar-refractivity contribution in [2.45, 2.75) is 25.9 Å². The Kier molecular flexibility index (Phi) is 6.80. The molecule has 0 aromatic heterocycles. The summed E-state index contributed by atoms with van der Waals surface area (Å²) in [5.41, 5.74) is 0. The van der Waals surface area contributed by atoms with Crippen molar-refractivity contribution >= 4 is 11.8 Å². The van der Waals surface area contributed by atoms with E-state index < -0.39 is 0 Å². The summed E-state index contributed by atoms with van der Waals surface area (Å²) >= 11 is 0. The number of carbonyl (C=O) groups excluding carboxylic acids is 2. The maximum atomic E-state index is 12.3. The van der Waals surface area contributed by atoms with Gasteiger partial charge >= 0.3 is 0 Å². The Hall–Kier alpha value is -1.18. The maximum Gasteiger partial charge on any atom is 0.241 e. The van der Waals surface area contributed by atoms with Crippen LogP contribution in [0.2, 0.25) is 0 Å². The van der Waals surface area contributed by atoms with Crippen LogP contribution >= 0.6 is 0 Å². The zero-order chi connectivity index (χ0) is 16.8. The van der Waals surface area contributed by atoms with Crippen LogP contribution in [0.3, 0.4) is 0 Å². The largest absolute Gasteiger partial charge is 0.392 e. The summed E-state index contributed by atoms with van der Waals surface area (Å²) in [7, 11) is 1.83. The molecule has 2 N–H and O–H groups in total. The minimum atomic E-state index is -0.285. The minimum Gasteiger partial charge on any atom is -0.392 e. The van der Waals surface area contributed by atoms with E-state index in [1.54, 1.807) is 9.80 Å². The maximum absolute atomic E-state index is 12.3. The molecule has 0 aliphatic carbocycles. The molecule has 0 aromatic carbocycles.